The molecule has 1 saturated carbocycles. The third-order valence-corrected chi connectivity index (χ3v) is 2.36. The zero-order valence-corrected chi connectivity index (χ0v) is 8.86. The summed E-state index contributed by atoms with van der Waals surface area (Å²) in [6.07, 6.45) is 2.15. The van der Waals surface area contributed by atoms with E-state index in [2.05, 4.69) is 5.32 Å². The number of carboxylic acid groups (broad SMARTS) is 1. The molecule has 0 aromatic carbocycles. The van der Waals surface area contributed by atoms with E-state index >= 15 is 0 Å². The van der Waals surface area contributed by atoms with Gasteiger partial charge in [-0.25, -0.2) is 0 Å². The van der Waals surface area contributed by atoms with Crippen molar-refractivity contribution in [2.75, 3.05) is 13.2 Å². The normalized spacial score (nSPS) is 17.1. The molecule has 0 heterocycles. The zero-order chi connectivity index (χ0) is 11.3. The van der Waals surface area contributed by atoms with E-state index in [0.717, 1.165) is 12.8 Å². The van der Waals surface area contributed by atoms with E-state index in [9.17, 15) is 9.59 Å². The van der Waals surface area contributed by atoms with Crippen molar-refractivity contribution in [2.45, 2.75) is 32.2 Å². The summed E-state index contributed by atoms with van der Waals surface area (Å²) in [5.74, 6) is -0.879. The lowest BCUT2D eigenvalue weighted by Gasteiger charge is -2.12. The number of hydrogen-bond acceptors (Lipinski definition) is 4. The maximum atomic E-state index is 11.0. The van der Waals surface area contributed by atoms with Crippen LogP contribution in [0.5, 0.6) is 0 Å². The van der Waals surface area contributed by atoms with Crippen LogP contribution in [0.3, 0.4) is 0 Å². The van der Waals surface area contributed by atoms with E-state index in [4.69, 9.17) is 9.84 Å². The van der Waals surface area contributed by atoms with Gasteiger partial charge in [0.25, 0.3) is 0 Å². The van der Waals surface area contributed by atoms with Gasteiger partial charge >= 0.3 is 11.9 Å². The van der Waals surface area contributed by atoms with Gasteiger partial charge in [-0.2, -0.15) is 0 Å². The Morgan fingerprint density at radius 3 is 2.67 bits per heavy atom. The number of hydrogen-bond donors (Lipinski definition) is 2. The highest BCUT2D eigenvalue weighted by Crippen LogP contribution is 2.32. The summed E-state index contributed by atoms with van der Waals surface area (Å²) >= 11 is 0. The largest absolute Gasteiger partial charge is 0.480 e. The first kappa shape index (κ1) is 12.0. The van der Waals surface area contributed by atoms with Crippen molar-refractivity contribution < 1.29 is 19.4 Å². The predicted octanol–water partition coefficient (Wildman–Crippen LogP) is 0.392. The van der Waals surface area contributed by atoms with Gasteiger partial charge in [0, 0.05) is 6.54 Å². The number of nitrogens with one attached hydrogen (secondary N) is 1. The molecule has 1 rings (SSSR count). The van der Waals surface area contributed by atoms with Gasteiger partial charge in [-0.3, -0.25) is 9.59 Å². The van der Waals surface area contributed by atoms with Gasteiger partial charge in [-0.1, -0.05) is 0 Å². The van der Waals surface area contributed by atoms with Gasteiger partial charge < -0.3 is 15.2 Å². The van der Waals surface area contributed by atoms with Gasteiger partial charge in [0.15, 0.2) is 0 Å². The fraction of sp³-hybridized carbons (Fsp3) is 0.800. The molecule has 0 amide bonds. The molecule has 1 fully saturated rings. The Balaban J connectivity index is 2.16. The van der Waals surface area contributed by atoms with E-state index in [0.29, 0.717) is 13.2 Å². The first-order valence-corrected chi connectivity index (χ1v) is 5.27. The number of carbonyl (C=O) groups excluding carboxylic acids is 1. The minimum atomic E-state index is -0.832. The number of carboxylic acids is 1. The first-order valence-electron chi connectivity index (χ1n) is 5.27. The van der Waals surface area contributed by atoms with E-state index in [-0.39, 0.29) is 18.3 Å². The molecule has 0 radical (unpaired) electrons. The molecular weight excluding hydrogens is 198 g/mol. The first-order chi connectivity index (χ1) is 7.15. The molecule has 15 heavy (non-hydrogen) atoms. The molecular formula is C10H17NO4. The molecule has 0 spiro atoms. The summed E-state index contributed by atoms with van der Waals surface area (Å²) in [4.78, 5) is 21.8. The number of aliphatic carboxylic acids is 1. The van der Waals surface area contributed by atoms with Crippen molar-refractivity contribution in [3.05, 3.63) is 0 Å². The maximum absolute atomic E-state index is 11.0. The molecule has 0 saturated heterocycles. The predicted molar refractivity (Wildman–Crippen MR) is 53.4 cm³/mol. The van der Waals surface area contributed by atoms with Crippen molar-refractivity contribution in [2.24, 2.45) is 5.92 Å². The highest BCUT2D eigenvalue weighted by Gasteiger charge is 2.35. The lowest BCUT2D eigenvalue weighted by Crippen LogP contribution is -2.39. The molecule has 2 N–H and O–H groups in total. The molecule has 1 aliphatic carbocycles. The SMILES string of the molecule is CCOC(=O)CCNC(C(=O)O)C1CC1. The van der Waals surface area contributed by atoms with Crippen molar-refractivity contribution >= 4 is 11.9 Å². The Morgan fingerprint density at radius 1 is 1.53 bits per heavy atom. The number of ether oxygens (including phenoxy) is 1. The molecule has 0 aromatic rings. The fourth-order valence-corrected chi connectivity index (χ4v) is 1.45. The minimum absolute atomic E-state index is 0.227. The van der Waals surface area contributed by atoms with Crippen LogP contribution in [0, 0.1) is 5.92 Å². The van der Waals surface area contributed by atoms with Gasteiger partial charge in [0.05, 0.1) is 13.0 Å². The Hall–Kier alpha value is -1.10. The monoisotopic (exact) mass is 215 g/mol. The van der Waals surface area contributed by atoms with E-state index < -0.39 is 12.0 Å². The average molecular weight is 215 g/mol. The Labute approximate surface area is 88.8 Å². The highest BCUT2D eigenvalue weighted by atomic mass is 16.5. The van der Waals surface area contributed by atoms with E-state index in [1.165, 1.54) is 0 Å². The third-order valence-electron chi connectivity index (χ3n) is 2.36. The third kappa shape index (κ3) is 4.29. The Bertz CT molecular complexity index is 238. The summed E-state index contributed by atoms with van der Waals surface area (Å²) in [5, 5.41) is 11.7. The van der Waals surface area contributed by atoms with Crippen LogP contribution < -0.4 is 5.32 Å². The summed E-state index contributed by atoms with van der Waals surface area (Å²) in [7, 11) is 0. The van der Waals surface area contributed by atoms with Crippen molar-refractivity contribution in [1.82, 2.24) is 5.32 Å². The summed E-state index contributed by atoms with van der Waals surface area (Å²) in [5.41, 5.74) is 0. The van der Waals surface area contributed by atoms with Gasteiger partial charge in [0.1, 0.15) is 6.04 Å². The van der Waals surface area contributed by atoms with Crippen molar-refractivity contribution in [3.8, 4) is 0 Å². The topological polar surface area (TPSA) is 75.6 Å². The summed E-state index contributed by atoms with van der Waals surface area (Å²) in [6, 6.07) is -0.501. The van der Waals surface area contributed by atoms with Crippen LogP contribution in [-0.2, 0) is 14.3 Å². The smallest absolute Gasteiger partial charge is 0.320 e. The molecule has 0 bridgehead atoms. The second-order valence-corrected chi connectivity index (χ2v) is 3.66. The molecule has 5 heteroatoms. The molecule has 0 aliphatic heterocycles. The van der Waals surface area contributed by atoms with Crippen LogP contribution in [0.15, 0.2) is 0 Å². The van der Waals surface area contributed by atoms with E-state index in [1.54, 1.807) is 6.92 Å². The molecule has 1 aliphatic rings. The molecule has 1 unspecified atom stereocenters. The van der Waals surface area contributed by atoms with Crippen molar-refractivity contribution in [3.63, 3.8) is 0 Å². The molecule has 5 nitrogen and oxygen atoms in total. The van der Waals surface area contributed by atoms with Crippen LogP contribution in [0.25, 0.3) is 0 Å². The zero-order valence-electron chi connectivity index (χ0n) is 8.86. The van der Waals surface area contributed by atoms with Gasteiger partial charge in [-0.05, 0) is 25.7 Å². The van der Waals surface area contributed by atoms with Crippen molar-refractivity contribution in [1.29, 1.82) is 0 Å². The lowest BCUT2D eigenvalue weighted by molar-refractivity contribution is -0.144. The number of esters is 1. The van der Waals surface area contributed by atoms with Gasteiger partial charge in [-0.15, -0.1) is 0 Å². The van der Waals surface area contributed by atoms with Crippen LogP contribution in [-0.4, -0.2) is 36.2 Å². The number of carbonyl (C=O) groups is 2. The minimum Gasteiger partial charge on any atom is -0.480 e. The van der Waals surface area contributed by atoms with Gasteiger partial charge in [0.2, 0.25) is 0 Å². The second-order valence-electron chi connectivity index (χ2n) is 3.66. The Kier molecular flexibility index (Phi) is 4.55. The second kappa shape index (κ2) is 5.70. The molecule has 1 atom stereocenters. The summed E-state index contributed by atoms with van der Waals surface area (Å²) in [6.45, 7) is 2.48. The Morgan fingerprint density at radius 2 is 2.20 bits per heavy atom. The van der Waals surface area contributed by atoms with Crippen LogP contribution in [0.4, 0.5) is 0 Å². The number of rotatable bonds is 7. The average Bonchev–Trinajstić information content (AvgIpc) is 2.95. The van der Waals surface area contributed by atoms with Crippen LogP contribution in [0.2, 0.25) is 0 Å². The highest BCUT2D eigenvalue weighted by molar-refractivity contribution is 5.74. The maximum Gasteiger partial charge on any atom is 0.320 e. The standard InChI is InChI=1S/C10H17NO4/c1-2-15-8(12)5-6-11-9(10(13)14)7-3-4-7/h7,9,11H,2-6H2,1H3,(H,13,14). The fourth-order valence-electron chi connectivity index (χ4n) is 1.45. The lowest BCUT2D eigenvalue weighted by atomic mass is 10.2. The summed E-state index contributed by atoms with van der Waals surface area (Å²) < 4.78 is 4.73. The van der Waals surface area contributed by atoms with E-state index in [1.807, 2.05) is 0 Å². The van der Waals surface area contributed by atoms with Crippen LogP contribution in [0.1, 0.15) is 26.2 Å². The quantitative estimate of drug-likeness (QED) is 0.601. The van der Waals surface area contributed by atoms with Crippen LogP contribution >= 0.6 is 0 Å². The molecule has 0 aromatic heterocycles. The molecule has 86 valence electrons.